The van der Waals surface area contributed by atoms with Crippen molar-refractivity contribution in [2.24, 2.45) is 0 Å². The van der Waals surface area contributed by atoms with Crippen LogP contribution < -0.4 is 10.6 Å². The highest BCUT2D eigenvalue weighted by Gasteiger charge is 2.36. The Labute approximate surface area is 209 Å². The molecular formula is C28H39N3O4. The highest BCUT2D eigenvalue weighted by molar-refractivity contribution is 5.92. The van der Waals surface area contributed by atoms with Crippen molar-refractivity contribution < 1.29 is 19.1 Å². The van der Waals surface area contributed by atoms with Crippen LogP contribution in [0.25, 0.3) is 0 Å². The first-order valence-corrected chi connectivity index (χ1v) is 12.0. The van der Waals surface area contributed by atoms with Crippen molar-refractivity contribution in [3.05, 3.63) is 70.8 Å². The van der Waals surface area contributed by atoms with Crippen LogP contribution in [-0.4, -0.2) is 40.5 Å². The summed E-state index contributed by atoms with van der Waals surface area (Å²) in [6.07, 6.45) is -0.682. The number of ether oxygens (including phenoxy) is 1. The second-order valence-corrected chi connectivity index (χ2v) is 10.2. The summed E-state index contributed by atoms with van der Waals surface area (Å²) in [5, 5.41) is 5.61. The van der Waals surface area contributed by atoms with Crippen molar-refractivity contribution in [1.82, 2.24) is 15.5 Å². The average Bonchev–Trinajstić information content (AvgIpc) is 2.73. The maximum atomic E-state index is 13.6. The lowest BCUT2D eigenvalue weighted by Gasteiger charge is -2.36. The summed E-state index contributed by atoms with van der Waals surface area (Å²) in [7, 11) is 0. The second-order valence-electron chi connectivity index (χ2n) is 10.2. The third kappa shape index (κ3) is 8.42. The van der Waals surface area contributed by atoms with E-state index < -0.39 is 23.8 Å². The van der Waals surface area contributed by atoms with E-state index in [1.807, 2.05) is 76.2 Å². The molecule has 0 saturated carbocycles. The number of rotatable bonds is 8. The molecule has 2 aromatic rings. The first-order chi connectivity index (χ1) is 16.3. The van der Waals surface area contributed by atoms with E-state index in [0.717, 1.165) is 22.3 Å². The van der Waals surface area contributed by atoms with Gasteiger partial charge >= 0.3 is 6.09 Å². The number of benzene rings is 2. The first kappa shape index (κ1) is 27.9. The molecule has 0 aromatic heterocycles. The molecule has 2 N–H and O–H groups in total. The monoisotopic (exact) mass is 481 g/mol. The largest absolute Gasteiger partial charge is 0.444 e. The Morgan fingerprint density at radius 2 is 1.51 bits per heavy atom. The zero-order valence-electron chi connectivity index (χ0n) is 22.1. The minimum atomic E-state index is -0.887. The molecule has 0 aliphatic heterocycles. The summed E-state index contributed by atoms with van der Waals surface area (Å²) in [5.41, 5.74) is 2.99. The van der Waals surface area contributed by atoms with Crippen molar-refractivity contribution in [1.29, 1.82) is 0 Å². The highest BCUT2D eigenvalue weighted by atomic mass is 16.6. The van der Waals surface area contributed by atoms with E-state index in [2.05, 4.69) is 10.6 Å². The molecule has 0 saturated heterocycles. The van der Waals surface area contributed by atoms with Gasteiger partial charge in [0.2, 0.25) is 11.8 Å². The Morgan fingerprint density at radius 1 is 0.943 bits per heavy atom. The molecule has 0 aliphatic rings. The molecule has 0 aliphatic carbocycles. The van der Waals surface area contributed by atoms with Crippen molar-refractivity contribution in [2.75, 3.05) is 0 Å². The molecule has 35 heavy (non-hydrogen) atoms. The van der Waals surface area contributed by atoms with Crippen LogP contribution in [0.15, 0.2) is 48.5 Å². The van der Waals surface area contributed by atoms with Gasteiger partial charge in [-0.1, -0.05) is 59.7 Å². The number of hydrogen-bond donors (Lipinski definition) is 2. The molecule has 0 fully saturated rings. The fourth-order valence-electron chi connectivity index (χ4n) is 3.94. The number of carbonyl (C=O) groups excluding carboxylic acids is 3. The van der Waals surface area contributed by atoms with Gasteiger partial charge in [-0.2, -0.15) is 0 Å². The van der Waals surface area contributed by atoms with E-state index in [1.54, 1.807) is 27.7 Å². The average molecular weight is 482 g/mol. The molecule has 0 heterocycles. The zero-order chi connectivity index (χ0) is 26.3. The fourth-order valence-corrected chi connectivity index (χ4v) is 3.94. The molecule has 2 unspecified atom stereocenters. The van der Waals surface area contributed by atoms with Crippen molar-refractivity contribution in [2.45, 2.75) is 85.7 Å². The van der Waals surface area contributed by atoms with Crippen LogP contribution in [0.3, 0.4) is 0 Å². The minimum absolute atomic E-state index is 0.287. The van der Waals surface area contributed by atoms with Crippen molar-refractivity contribution in [3.8, 4) is 0 Å². The van der Waals surface area contributed by atoms with Gasteiger partial charge in [0.1, 0.15) is 17.7 Å². The molecule has 7 nitrogen and oxygen atoms in total. The lowest BCUT2D eigenvalue weighted by Crippen LogP contribution is -2.54. The van der Waals surface area contributed by atoms with E-state index in [0.29, 0.717) is 6.54 Å². The van der Waals surface area contributed by atoms with E-state index in [4.69, 9.17) is 4.74 Å². The summed E-state index contributed by atoms with van der Waals surface area (Å²) in [6, 6.07) is 13.4. The van der Waals surface area contributed by atoms with Crippen LogP contribution in [0.2, 0.25) is 0 Å². The number of alkyl carbamates (subject to hydrolysis) is 1. The number of nitrogens with zero attached hydrogens (tertiary/aromatic N) is 1. The number of nitrogens with one attached hydrogen (secondary N) is 2. The highest BCUT2D eigenvalue weighted by Crippen LogP contribution is 2.27. The first-order valence-electron chi connectivity index (χ1n) is 12.0. The van der Waals surface area contributed by atoms with E-state index >= 15 is 0 Å². The van der Waals surface area contributed by atoms with E-state index in [1.165, 1.54) is 4.90 Å². The molecule has 7 heteroatoms. The molecule has 190 valence electrons. The van der Waals surface area contributed by atoms with Gasteiger partial charge in [-0.25, -0.2) is 4.79 Å². The lowest BCUT2D eigenvalue weighted by molar-refractivity contribution is -0.144. The second kappa shape index (κ2) is 11.9. The molecule has 2 rings (SSSR count). The van der Waals surface area contributed by atoms with E-state index in [-0.39, 0.29) is 17.9 Å². The van der Waals surface area contributed by atoms with Gasteiger partial charge in [-0.3, -0.25) is 9.59 Å². The Hall–Kier alpha value is -3.35. The van der Waals surface area contributed by atoms with Gasteiger partial charge in [0.25, 0.3) is 0 Å². The smallest absolute Gasteiger partial charge is 0.408 e. The number of amides is 3. The molecule has 0 bridgehead atoms. The van der Waals surface area contributed by atoms with Gasteiger partial charge in [0.15, 0.2) is 0 Å². The van der Waals surface area contributed by atoms with Crippen LogP contribution in [0.5, 0.6) is 0 Å². The Morgan fingerprint density at radius 3 is 2.03 bits per heavy atom. The predicted molar refractivity (Wildman–Crippen MR) is 138 cm³/mol. The number of carbonyl (C=O) groups is 3. The molecule has 3 amide bonds. The molecule has 0 radical (unpaired) electrons. The molecule has 2 atom stereocenters. The Balaban J connectivity index is 2.38. The van der Waals surface area contributed by atoms with Gasteiger partial charge < -0.3 is 20.3 Å². The van der Waals surface area contributed by atoms with E-state index in [9.17, 15) is 14.4 Å². The van der Waals surface area contributed by atoms with Gasteiger partial charge in [0, 0.05) is 12.6 Å². The van der Waals surface area contributed by atoms with Gasteiger partial charge in [-0.15, -0.1) is 0 Å². The normalized spacial score (nSPS) is 13.1. The summed E-state index contributed by atoms with van der Waals surface area (Å²) >= 11 is 0. The molecule has 2 aromatic carbocycles. The summed E-state index contributed by atoms with van der Waals surface area (Å²) in [5.74, 6) is -0.657. The van der Waals surface area contributed by atoms with Crippen molar-refractivity contribution >= 4 is 17.9 Å². The maximum Gasteiger partial charge on any atom is 0.408 e. The van der Waals surface area contributed by atoms with Crippen LogP contribution in [0.4, 0.5) is 4.79 Å². The number of hydrogen-bond acceptors (Lipinski definition) is 4. The Kier molecular flexibility index (Phi) is 9.46. The third-order valence-electron chi connectivity index (χ3n) is 5.31. The van der Waals surface area contributed by atoms with Crippen LogP contribution in [0.1, 0.15) is 69.8 Å². The number of aryl methyl sites for hydroxylation is 2. The van der Waals surface area contributed by atoms with Gasteiger partial charge in [-0.05, 0) is 66.5 Å². The quantitative estimate of drug-likeness (QED) is 0.566. The Bertz CT molecular complexity index is 1010. The topological polar surface area (TPSA) is 87.7 Å². The summed E-state index contributed by atoms with van der Waals surface area (Å²) in [6.45, 7) is 14.9. The molecular weight excluding hydrogens is 442 g/mol. The van der Waals surface area contributed by atoms with Crippen LogP contribution in [-0.2, 0) is 20.9 Å². The molecule has 0 spiro atoms. The predicted octanol–water partition coefficient (Wildman–Crippen LogP) is 4.81. The lowest BCUT2D eigenvalue weighted by atomic mass is 9.97. The van der Waals surface area contributed by atoms with Crippen molar-refractivity contribution in [3.63, 3.8) is 0 Å². The third-order valence-corrected chi connectivity index (χ3v) is 5.31. The van der Waals surface area contributed by atoms with Gasteiger partial charge in [0.05, 0.1) is 0 Å². The van der Waals surface area contributed by atoms with Crippen LogP contribution in [0, 0.1) is 13.8 Å². The maximum absolute atomic E-state index is 13.6. The fraction of sp³-hybridized carbons (Fsp3) is 0.464. The standard InChI is InChI=1S/C28H39N3O4/c1-18(2)31(26(33)21(5)30-27(34)35-28(6,7)8)24(23-15-19(3)14-20(4)16-23)25(32)29-17-22-12-10-9-11-13-22/h9-16,18,21,24H,17H2,1-8H3,(H,29,32)(H,30,34). The zero-order valence-corrected chi connectivity index (χ0v) is 22.1. The van der Waals surface area contributed by atoms with Crippen LogP contribution >= 0.6 is 0 Å². The summed E-state index contributed by atoms with van der Waals surface area (Å²) in [4.78, 5) is 41.1. The SMILES string of the molecule is Cc1cc(C)cc(C(C(=O)NCc2ccccc2)N(C(=O)C(C)NC(=O)OC(C)(C)C)C(C)C)c1. The summed E-state index contributed by atoms with van der Waals surface area (Å²) < 4.78 is 5.31. The minimum Gasteiger partial charge on any atom is -0.444 e.